The minimum absolute atomic E-state index is 0.119. The molecule has 3 atom stereocenters. The van der Waals surface area contributed by atoms with Crippen LogP contribution in [0.3, 0.4) is 0 Å². The van der Waals surface area contributed by atoms with Gasteiger partial charge >= 0.3 is 6.03 Å². The molecule has 1 aromatic rings. The molecule has 1 aromatic carbocycles. The van der Waals surface area contributed by atoms with Crippen LogP contribution in [0.25, 0.3) is 0 Å². The van der Waals surface area contributed by atoms with Crippen molar-refractivity contribution < 1.29 is 14.3 Å². The van der Waals surface area contributed by atoms with Crippen LogP contribution < -0.4 is 5.32 Å². The molecule has 2 aliphatic heterocycles. The van der Waals surface area contributed by atoms with E-state index in [1.165, 1.54) is 0 Å². The molecule has 172 valence electrons. The molecule has 0 radical (unpaired) electrons. The number of benzene rings is 1. The molecule has 0 saturated carbocycles. The van der Waals surface area contributed by atoms with Crippen molar-refractivity contribution in [2.45, 2.75) is 52.9 Å². The van der Waals surface area contributed by atoms with Crippen LogP contribution in [0.4, 0.5) is 10.5 Å². The van der Waals surface area contributed by atoms with Crippen molar-refractivity contribution in [2.24, 2.45) is 5.92 Å². The van der Waals surface area contributed by atoms with E-state index in [1.807, 2.05) is 24.0 Å². The Morgan fingerprint density at radius 1 is 1.06 bits per heavy atom. The first-order chi connectivity index (χ1) is 14.7. The lowest BCUT2D eigenvalue weighted by Gasteiger charge is -2.44. The minimum Gasteiger partial charge on any atom is -0.373 e. The van der Waals surface area contributed by atoms with Crippen LogP contribution in [0.1, 0.15) is 33.3 Å². The molecule has 7 nitrogen and oxygen atoms in total. The number of aryl methyl sites for hydroxylation is 1. The van der Waals surface area contributed by atoms with E-state index in [-0.39, 0.29) is 36.1 Å². The summed E-state index contributed by atoms with van der Waals surface area (Å²) in [4.78, 5) is 32.0. The summed E-state index contributed by atoms with van der Waals surface area (Å²) in [5.74, 6) is 0.360. The second kappa shape index (κ2) is 10.2. The van der Waals surface area contributed by atoms with E-state index in [0.29, 0.717) is 36.9 Å². The highest BCUT2D eigenvalue weighted by Gasteiger charge is 2.37. The number of urea groups is 1. The highest BCUT2D eigenvalue weighted by atomic mass is 35.5. The van der Waals surface area contributed by atoms with E-state index < -0.39 is 0 Å². The average molecular weight is 451 g/mol. The number of halogens is 1. The molecule has 0 aromatic heterocycles. The number of ether oxygens (including phenoxy) is 1. The fourth-order valence-electron chi connectivity index (χ4n) is 4.50. The maximum Gasteiger partial charge on any atom is 0.321 e. The Bertz CT molecular complexity index is 785. The van der Waals surface area contributed by atoms with Gasteiger partial charge in [-0.1, -0.05) is 31.5 Å². The van der Waals surface area contributed by atoms with Gasteiger partial charge in [0.1, 0.15) is 0 Å². The van der Waals surface area contributed by atoms with E-state index in [2.05, 4.69) is 37.9 Å². The van der Waals surface area contributed by atoms with Gasteiger partial charge in [-0.15, -0.1) is 0 Å². The molecular weight excluding hydrogens is 416 g/mol. The zero-order valence-electron chi connectivity index (χ0n) is 19.2. The van der Waals surface area contributed by atoms with E-state index in [1.54, 1.807) is 11.0 Å². The van der Waals surface area contributed by atoms with Gasteiger partial charge in [0.15, 0.2) is 0 Å². The second-order valence-electron chi connectivity index (χ2n) is 9.11. The number of carbonyl (C=O) groups is 2. The minimum atomic E-state index is -0.164. The number of anilines is 1. The van der Waals surface area contributed by atoms with Gasteiger partial charge in [0.05, 0.1) is 18.2 Å². The van der Waals surface area contributed by atoms with Crippen LogP contribution in [0.5, 0.6) is 0 Å². The van der Waals surface area contributed by atoms with Gasteiger partial charge in [0.2, 0.25) is 5.91 Å². The predicted octanol–water partition coefficient (Wildman–Crippen LogP) is 3.46. The van der Waals surface area contributed by atoms with Gasteiger partial charge in [0, 0.05) is 50.0 Å². The molecule has 2 fully saturated rings. The van der Waals surface area contributed by atoms with Crippen LogP contribution in [-0.4, -0.2) is 84.2 Å². The van der Waals surface area contributed by atoms with Crippen molar-refractivity contribution in [3.05, 3.63) is 28.8 Å². The third kappa shape index (κ3) is 5.90. The summed E-state index contributed by atoms with van der Waals surface area (Å²) >= 11 is 6.15. The number of carbonyl (C=O) groups excluding carboxylic acids is 2. The molecule has 2 aliphatic rings. The van der Waals surface area contributed by atoms with Crippen molar-refractivity contribution in [3.63, 3.8) is 0 Å². The Hall–Kier alpha value is -1.83. The lowest BCUT2D eigenvalue weighted by atomic mass is 9.98. The molecule has 8 heteroatoms. The van der Waals surface area contributed by atoms with E-state index in [0.717, 1.165) is 18.7 Å². The Labute approximate surface area is 190 Å². The molecule has 0 aliphatic carbocycles. The number of rotatable bonds is 4. The standard InChI is InChI=1S/C23H35ClN4O3/c1-15(2)21(28-13-17(4)31-18(5)14-28)22(29)26-8-10-27(11-9-26)23(30)25-19-7-6-16(3)20(24)12-19/h6-7,12,15,17-18,21H,8-11,13-14H2,1-5H3,(H,25,30). The summed E-state index contributed by atoms with van der Waals surface area (Å²) in [6.07, 6.45) is 0.238. The first-order valence-electron chi connectivity index (χ1n) is 11.2. The van der Waals surface area contributed by atoms with Crippen LogP contribution >= 0.6 is 11.6 Å². The molecule has 0 spiro atoms. The van der Waals surface area contributed by atoms with E-state index >= 15 is 0 Å². The molecule has 2 saturated heterocycles. The maximum atomic E-state index is 13.4. The molecule has 3 amide bonds. The highest BCUT2D eigenvalue weighted by molar-refractivity contribution is 6.31. The number of hydrogen-bond acceptors (Lipinski definition) is 4. The van der Waals surface area contributed by atoms with E-state index in [4.69, 9.17) is 16.3 Å². The molecule has 0 bridgehead atoms. The predicted molar refractivity (Wildman–Crippen MR) is 124 cm³/mol. The monoisotopic (exact) mass is 450 g/mol. The Balaban J connectivity index is 1.57. The van der Waals surface area contributed by atoms with Gasteiger partial charge in [-0.2, -0.15) is 0 Å². The zero-order chi connectivity index (χ0) is 22.7. The highest BCUT2D eigenvalue weighted by Crippen LogP contribution is 2.22. The van der Waals surface area contributed by atoms with Gasteiger partial charge in [-0.05, 0) is 44.4 Å². The SMILES string of the molecule is Cc1ccc(NC(=O)N2CCN(C(=O)C(C(C)C)N3CC(C)OC(C)C3)CC2)cc1Cl. The fourth-order valence-corrected chi connectivity index (χ4v) is 4.68. The summed E-state index contributed by atoms with van der Waals surface area (Å²) in [6, 6.07) is 5.16. The van der Waals surface area contributed by atoms with Gasteiger partial charge in [-0.25, -0.2) is 4.79 Å². The first-order valence-corrected chi connectivity index (χ1v) is 11.5. The Morgan fingerprint density at radius 2 is 1.65 bits per heavy atom. The quantitative estimate of drug-likeness (QED) is 0.762. The van der Waals surface area contributed by atoms with Crippen LogP contribution in [0, 0.1) is 12.8 Å². The second-order valence-corrected chi connectivity index (χ2v) is 9.51. The van der Waals surface area contributed by atoms with Crippen LogP contribution in [-0.2, 0) is 9.53 Å². The van der Waals surface area contributed by atoms with Crippen LogP contribution in [0.2, 0.25) is 5.02 Å². The topological polar surface area (TPSA) is 65.1 Å². The van der Waals surface area contributed by atoms with Gasteiger partial charge in [0.25, 0.3) is 0 Å². The van der Waals surface area contributed by atoms with E-state index in [9.17, 15) is 9.59 Å². The summed E-state index contributed by atoms with van der Waals surface area (Å²) in [5.41, 5.74) is 1.64. The smallest absolute Gasteiger partial charge is 0.321 e. The number of amides is 3. The third-order valence-electron chi connectivity index (χ3n) is 6.03. The number of nitrogens with zero attached hydrogens (tertiary/aromatic N) is 3. The zero-order valence-corrected chi connectivity index (χ0v) is 20.0. The van der Waals surface area contributed by atoms with Crippen LogP contribution in [0.15, 0.2) is 18.2 Å². The van der Waals surface area contributed by atoms with Crippen molar-refractivity contribution in [3.8, 4) is 0 Å². The molecule has 1 N–H and O–H groups in total. The van der Waals surface area contributed by atoms with Gasteiger partial charge in [-0.3, -0.25) is 9.69 Å². The number of piperazine rings is 1. The summed E-state index contributed by atoms with van der Waals surface area (Å²) < 4.78 is 5.85. The summed E-state index contributed by atoms with van der Waals surface area (Å²) in [6.45, 7) is 13.9. The van der Waals surface area contributed by atoms with Crippen molar-refractivity contribution in [2.75, 3.05) is 44.6 Å². The molecule has 3 unspecified atom stereocenters. The molecule has 2 heterocycles. The van der Waals surface area contributed by atoms with Gasteiger partial charge < -0.3 is 19.9 Å². The number of nitrogens with one attached hydrogen (secondary N) is 1. The Morgan fingerprint density at radius 3 is 2.19 bits per heavy atom. The normalized spacial score (nSPS) is 23.7. The molecule has 31 heavy (non-hydrogen) atoms. The first kappa shape index (κ1) is 23.8. The summed E-state index contributed by atoms with van der Waals surface area (Å²) in [7, 11) is 0. The van der Waals surface area contributed by atoms with Crippen molar-refractivity contribution in [1.82, 2.24) is 14.7 Å². The molecular formula is C23H35ClN4O3. The molecule has 3 rings (SSSR count). The average Bonchev–Trinajstić information content (AvgIpc) is 2.70. The summed E-state index contributed by atoms with van der Waals surface area (Å²) in [5, 5.41) is 3.53. The lowest BCUT2D eigenvalue weighted by Crippen LogP contribution is -2.60. The Kier molecular flexibility index (Phi) is 7.83. The maximum absolute atomic E-state index is 13.4. The largest absolute Gasteiger partial charge is 0.373 e. The lowest BCUT2D eigenvalue weighted by molar-refractivity contribution is -0.146. The third-order valence-corrected chi connectivity index (χ3v) is 6.43. The van der Waals surface area contributed by atoms with Crippen molar-refractivity contribution >= 4 is 29.2 Å². The fraction of sp³-hybridized carbons (Fsp3) is 0.652. The number of hydrogen-bond donors (Lipinski definition) is 1. The number of morpholine rings is 1. The van der Waals surface area contributed by atoms with Crippen molar-refractivity contribution in [1.29, 1.82) is 0 Å².